The monoisotopic (exact) mass is 338 g/mol. The number of nitrogens with zero attached hydrogens (tertiary/aromatic N) is 1. The Morgan fingerprint density at radius 3 is 2.86 bits per heavy atom. The van der Waals surface area contributed by atoms with Gasteiger partial charge in [0.25, 0.3) is 10.0 Å². The summed E-state index contributed by atoms with van der Waals surface area (Å²) in [5, 5.41) is 3.70. The topological polar surface area (TPSA) is 66.5 Å². The molecule has 0 spiro atoms. The second-order valence-electron chi connectivity index (χ2n) is 5.29. The molecule has 2 aromatic rings. The Balaban J connectivity index is 2.04. The van der Waals surface area contributed by atoms with E-state index in [1.807, 2.05) is 31.2 Å². The maximum atomic E-state index is 13.0. The molecule has 1 aliphatic rings. The molecule has 2 heterocycles. The summed E-state index contributed by atoms with van der Waals surface area (Å²) in [6.07, 6.45) is 1.10. The Hall–Kier alpha value is -1.44. The molecule has 1 atom stereocenters. The Kier molecular flexibility index (Phi) is 4.20. The van der Waals surface area contributed by atoms with Crippen LogP contribution in [0.25, 0.3) is 10.1 Å². The van der Waals surface area contributed by atoms with E-state index in [1.54, 1.807) is 6.07 Å². The average Bonchev–Trinajstić information content (AvgIpc) is 2.85. The van der Waals surface area contributed by atoms with Crippen molar-refractivity contribution in [2.75, 3.05) is 13.1 Å². The molecular weight excluding hydrogens is 320 g/mol. The summed E-state index contributed by atoms with van der Waals surface area (Å²) in [4.78, 5) is 12.1. The molecule has 0 radical (unpaired) electrons. The molecule has 1 N–H and O–H groups in total. The predicted octanol–water partition coefficient (Wildman–Crippen LogP) is 2.19. The van der Waals surface area contributed by atoms with Crippen LogP contribution >= 0.6 is 11.3 Å². The standard InChI is InChI=1S/C15H18N2O3S2/c1-2-12-15(18)16-8-5-9-17(12)22(19,20)14-10-11-6-3-4-7-13(11)21-14/h3-4,6-7,10,12H,2,5,8-9H2,1H3,(H,16,18)/t12-/m1/s1. The van der Waals surface area contributed by atoms with E-state index in [9.17, 15) is 13.2 Å². The van der Waals surface area contributed by atoms with E-state index in [0.717, 1.165) is 10.1 Å². The number of sulfonamides is 1. The molecule has 0 saturated carbocycles. The van der Waals surface area contributed by atoms with Crippen molar-refractivity contribution in [1.29, 1.82) is 0 Å². The summed E-state index contributed by atoms with van der Waals surface area (Å²) in [6.45, 7) is 2.73. The van der Waals surface area contributed by atoms with Crippen molar-refractivity contribution in [3.63, 3.8) is 0 Å². The molecule has 3 rings (SSSR count). The lowest BCUT2D eigenvalue weighted by Gasteiger charge is -2.25. The molecule has 22 heavy (non-hydrogen) atoms. The SMILES string of the molecule is CC[C@@H]1C(=O)NCCCN1S(=O)(=O)c1cc2ccccc2s1. The zero-order valence-corrected chi connectivity index (χ0v) is 13.9. The maximum absolute atomic E-state index is 13.0. The van der Waals surface area contributed by atoms with E-state index in [4.69, 9.17) is 0 Å². The van der Waals surface area contributed by atoms with Crippen LogP contribution in [0.15, 0.2) is 34.5 Å². The number of carbonyl (C=O) groups excluding carboxylic acids is 1. The fourth-order valence-electron chi connectivity index (χ4n) is 2.73. The molecule has 1 aromatic heterocycles. The van der Waals surface area contributed by atoms with Gasteiger partial charge in [-0.25, -0.2) is 8.42 Å². The lowest BCUT2D eigenvalue weighted by molar-refractivity contribution is -0.124. The lowest BCUT2D eigenvalue weighted by Crippen LogP contribution is -2.46. The molecule has 1 amide bonds. The van der Waals surface area contributed by atoms with Gasteiger partial charge in [0.15, 0.2) is 0 Å². The van der Waals surface area contributed by atoms with E-state index >= 15 is 0 Å². The fraction of sp³-hybridized carbons (Fsp3) is 0.400. The van der Waals surface area contributed by atoms with Gasteiger partial charge < -0.3 is 5.32 Å². The number of hydrogen-bond donors (Lipinski definition) is 1. The van der Waals surface area contributed by atoms with Gasteiger partial charge in [0.2, 0.25) is 5.91 Å². The number of carbonyl (C=O) groups is 1. The highest BCUT2D eigenvalue weighted by Gasteiger charge is 2.36. The number of fused-ring (bicyclic) bond motifs is 1. The molecule has 1 saturated heterocycles. The number of benzene rings is 1. The minimum atomic E-state index is -3.65. The third-order valence-corrected chi connectivity index (χ3v) is 7.33. The van der Waals surface area contributed by atoms with E-state index in [-0.39, 0.29) is 5.91 Å². The number of hydrogen-bond acceptors (Lipinski definition) is 4. The Morgan fingerprint density at radius 2 is 2.14 bits per heavy atom. The lowest BCUT2D eigenvalue weighted by atomic mass is 10.2. The smallest absolute Gasteiger partial charge is 0.253 e. The maximum Gasteiger partial charge on any atom is 0.253 e. The van der Waals surface area contributed by atoms with Crippen molar-refractivity contribution in [2.45, 2.75) is 30.0 Å². The molecule has 0 bridgehead atoms. The highest BCUT2D eigenvalue weighted by atomic mass is 32.2. The van der Waals surface area contributed by atoms with Gasteiger partial charge in [0, 0.05) is 17.8 Å². The van der Waals surface area contributed by atoms with Crippen LogP contribution in [0.5, 0.6) is 0 Å². The largest absolute Gasteiger partial charge is 0.355 e. The Labute approximate surface area is 134 Å². The second-order valence-corrected chi connectivity index (χ2v) is 8.49. The summed E-state index contributed by atoms with van der Waals surface area (Å²) in [5.74, 6) is -0.204. The number of nitrogens with one attached hydrogen (secondary N) is 1. The van der Waals surface area contributed by atoms with Crippen molar-refractivity contribution in [3.8, 4) is 0 Å². The fourth-order valence-corrected chi connectivity index (χ4v) is 5.96. The minimum absolute atomic E-state index is 0.204. The second kappa shape index (κ2) is 5.98. The van der Waals surface area contributed by atoms with Crippen molar-refractivity contribution in [1.82, 2.24) is 9.62 Å². The van der Waals surface area contributed by atoms with Gasteiger partial charge >= 0.3 is 0 Å². The summed E-state index contributed by atoms with van der Waals surface area (Å²) >= 11 is 1.26. The third-order valence-electron chi connectivity index (χ3n) is 3.86. The molecule has 0 unspecified atom stereocenters. The van der Waals surface area contributed by atoms with Crippen LogP contribution in [-0.2, 0) is 14.8 Å². The van der Waals surface area contributed by atoms with Gasteiger partial charge in [-0.15, -0.1) is 11.3 Å². The molecule has 1 aromatic carbocycles. The van der Waals surface area contributed by atoms with E-state index in [2.05, 4.69) is 5.32 Å². The predicted molar refractivity (Wildman–Crippen MR) is 87.4 cm³/mol. The van der Waals surface area contributed by atoms with E-state index < -0.39 is 16.1 Å². The van der Waals surface area contributed by atoms with Crippen molar-refractivity contribution in [3.05, 3.63) is 30.3 Å². The van der Waals surface area contributed by atoms with E-state index in [0.29, 0.717) is 30.1 Å². The first-order valence-electron chi connectivity index (χ1n) is 7.32. The molecule has 1 fully saturated rings. The van der Waals surface area contributed by atoms with Crippen molar-refractivity contribution in [2.24, 2.45) is 0 Å². The molecular formula is C15H18N2O3S2. The van der Waals surface area contributed by atoms with Gasteiger partial charge in [-0.1, -0.05) is 25.1 Å². The van der Waals surface area contributed by atoms with Gasteiger partial charge in [-0.2, -0.15) is 4.31 Å². The van der Waals surface area contributed by atoms with Crippen LogP contribution in [0.2, 0.25) is 0 Å². The van der Waals surface area contributed by atoms with Crippen molar-refractivity contribution < 1.29 is 13.2 Å². The summed E-state index contributed by atoms with van der Waals surface area (Å²) < 4.78 is 28.6. The highest BCUT2D eigenvalue weighted by molar-refractivity contribution is 7.91. The van der Waals surface area contributed by atoms with Crippen LogP contribution in [0.3, 0.4) is 0 Å². The Morgan fingerprint density at radius 1 is 1.36 bits per heavy atom. The van der Waals surface area contributed by atoms with Gasteiger partial charge in [-0.3, -0.25) is 4.79 Å². The van der Waals surface area contributed by atoms with Crippen LogP contribution in [-0.4, -0.2) is 37.8 Å². The van der Waals surface area contributed by atoms with Crippen LogP contribution in [0.4, 0.5) is 0 Å². The molecule has 5 nitrogen and oxygen atoms in total. The van der Waals surface area contributed by atoms with Gasteiger partial charge in [-0.05, 0) is 30.4 Å². The normalized spacial score (nSPS) is 20.8. The molecule has 118 valence electrons. The van der Waals surface area contributed by atoms with Crippen molar-refractivity contribution >= 4 is 37.4 Å². The summed E-state index contributed by atoms with van der Waals surface area (Å²) in [6, 6.07) is 8.66. The summed E-state index contributed by atoms with van der Waals surface area (Å²) in [5.41, 5.74) is 0. The third kappa shape index (κ3) is 2.64. The molecule has 1 aliphatic heterocycles. The van der Waals surface area contributed by atoms with Crippen LogP contribution in [0.1, 0.15) is 19.8 Å². The zero-order valence-electron chi connectivity index (χ0n) is 12.3. The number of rotatable bonds is 3. The van der Waals surface area contributed by atoms with Gasteiger partial charge in [0.05, 0.1) is 0 Å². The van der Waals surface area contributed by atoms with Crippen LogP contribution < -0.4 is 5.32 Å². The number of amides is 1. The van der Waals surface area contributed by atoms with E-state index in [1.165, 1.54) is 15.6 Å². The first kappa shape index (κ1) is 15.5. The average molecular weight is 338 g/mol. The summed E-state index contributed by atoms with van der Waals surface area (Å²) in [7, 11) is -3.65. The van der Waals surface area contributed by atoms with Crippen LogP contribution in [0, 0.1) is 0 Å². The highest BCUT2D eigenvalue weighted by Crippen LogP contribution is 2.32. The number of thiophene rings is 1. The Bertz CT molecular complexity index is 765. The molecule has 0 aliphatic carbocycles. The molecule has 7 heteroatoms. The first-order chi connectivity index (χ1) is 10.5. The first-order valence-corrected chi connectivity index (χ1v) is 9.58. The zero-order chi connectivity index (χ0) is 15.7. The minimum Gasteiger partial charge on any atom is -0.355 e. The quantitative estimate of drug-likeness (QED) is 0.933. The van der Waals surface area contributed by atoms with Gasteiger partial charge in [0.1, 0.15) is 10.3 Å².